The lowest BCUT2D eigenvalue weighted by Crippen LogP contribution is -2.13. The van der Waals surface area contributed by atoms with Gasteiger partial charge in [-0.05, 0) is 6.07 Å². The Labute approximate surface area is 123 Å². The number of fused-ring (bicyclic) bond motifs is 1. The second kappa shape index (κ2) is 5.79. The number of rotatable bonds is 5. The van der Waals surface area contributed by atoms with Crippen molar-refractivity contribution >= 4 is 28.0 Å². The fraction of sp³-hybridized carbons (Fsp3) is 0.273. The van der Waals surface area contributed by atoms with E-state index in [1.807, 2.05) is 0 Å². The van der Waals surface area contributed by atoms with Crippen LogP contribution in [0.3, 0.4) is 0 Å². The highest BCUT2D eigenvalue weighted by atomic mass is 32.1. The fourth-order valence-electron chi connectivity index (χ4n) is 1.72. The van der Waals surface area contributed by atoms with Crippen LogP contribution >= 0.6 is 11.3 Å². The quantitative estimate of drug-likeness (QED) is 0.733. The number of aromatic nitrogens is 6. The fourth-order valence-corrected chi connectivity index (χ4v) is 2.18. The summed E-state index contributed by atoms with van der Waals surface area (Å²) in [6.07, 6.45) is 0.658. The van der Waals surface area contributed by atoms with Gasteiger partial charge in [-0.1, -0.05) is 11.3 Å². The molecule has 0 aliphatic carbocycles. The van der Waals surface area contributed by atoms with Crippen LogP contribution in [-0.2, 0) is 11.2 Å². The van der Waals surface area contributed by atoms with E-state index < -0.39 is 0 Å². The first kappa shape index (κ1) is 13.4. The minimum atomic E-state index is -0.161. The van der Waals surface area contributed by atoms with E-state index in [4.69, 9.17) is 4.74 Å². The SMILES string of the molecule is COc1ccc2nnc(CCC(=O)Nc3nncs3)n2n1. The summed E-state index contributed by atoms with van der Waals surface area (Å²) in [5.74, 6) is 0.893. The summed E-state index contributed by atoms with van der Waals surface area (Å²) in [6, 6.07) is 3.46. The molecule has 3 heterocycles. The molecule has 1 amide bonds. The largest absolute Gasteiger partial charge is 0.480 e. The van der Waals surface area contributed by atoms with Crippen molar-refractivity contribution in [2.75, 3.05) is 12.4 Å². The van der Waals surface area contributed by atoms with Crippen molar-refractivity contribution in [3.8, 4) is 5.88 Å². The van der Waals surface area contributed by atoms with Crippen LogP contribution in [0.4, 0.5) is 5.13 Å². The van der Waals surface area contributed by atoms with E-state index in [9.17, 15) is 4.79 Å². The lowest BCUT2D eigenvalue weighted by molar-refractivity contribution is -0.116. The van der Waals surface area contributed by atoms with Gasteiger partial charge in [0.15, 0.2) is 11.5 Å². The lowest BCUT2D eigenvalue weighted by atomic mass is 10.3. The van der Waals surface area contributed by atoms with Crippen LogP contribution in [0.1, 0.15) is 12.2 Å². The van der Waals surface area contributed by atoms with Crippen LogP contribution < -0.4 is 10.1 Å². The molecule has 0 aromatic carbocycles. The molecule has 3 rings (SSSR count). The van der Waals surface area contributed by atoms with E-state index in [1.54, 1.807) is 22.2 Å². The predicted molar refractivity (Wildman–Crippen MR) is 74.2 cm³/mol. The summed E-state index contributed by atoms with van der Waals surface area (Å²) in [5.41, 5.74) is 2.16. The van der Waals surface area contributed by atoms with Gasteiger partial charge in [0.2, 0.25) is 16.9 Å². The second-order valence-corrected chi connectivity index (χ2v) is 4.89. The van der Waals surface area contributed by atoms with E-state index in [1.165, 1.54) is 18.4 Å². The van der Waals surface area contributed by atoms with E-state index in [-0.39, 0.29) is 12.3 Å². The highest BCUT2D eigenvalue weighted by molar-refractivity contribution is 7.13. The van der Waals surface area contributed by atoms with Crippen molar-refractivity contribution in [1.82, 2.24) is 30.0 Å². The maximum absolute atomic E-state index is 11.8. The van der Waals surface area contributed by atoms with Crippen molar-refractivity contribution in [1.29, 1.82) is 0 Å². The van der Waals surface area contributed by atoms with Crippen LogP contribution in [0.25, 0.3) is 5.65 Å². The molecule has 0 spiro atoms. The molecule has 0 radical (unpaired) electrons. The Morgan fingerprint density at radius 3 is 3.05 bits per heavy atom. The number of carbonyl (C=O) groups excluding carboxylic acids is 1. The molecule has 0 aliphatic heterocycles. The Morgan fingerprint density at radius 1 is 1.38 bits per heavy atom. The van der Waals surface area contributed by atoms with Gasteiger partial charge in [-0.15, -0.1) is 25.5 Å². The van der Waals surface area contributed by atoms with Gasteiger partial charge in [0.1, 0.15) is 5.51 Å². The maximum Gasteiger partial charge on any atom is 0.231 e. The molecule has 3 aromatic rings. The molecule has 21 heavy (non-hydrogen) atoms. The number of hydrogen-bond acceptors (Lipinski definition) is 8. The molecule has 108 valence electrons. The number of ether oxygens (including phenoxy) is 1. The van der Waals surface area contributed by atoms with Crippen LogP contribution in [0.2, 0.25) is 0 Å². The lowest BCUT2D eigenvalue weighted by Gasteiger charge is -2.02. The van der Waals surface area contributed by atoms with Gasteiger partial charge in [-0.3, -0.25) is 4.79 Å². The van der Waals surface area contributed by atoms with Crippen molar-refractivity contribution in [3.63, 3.8) is 0 Å². The van der Waals surface area contributed by atoms with Gasteiger partial charge in [0.25, 0.3) is 0 Å². The standard InChI is InChI=1S/C11H11N7O2S/c1-20-10-5-3-8-15-14-7(18(8)17-10)2-4-9(19)13-11-16-12-6-21-11/h3,5-6H,2,4H2,1H3,(H,13,16,19). The van der Waals surface area contributed by atoms with Gasteiger partial charge < -0.3 is 10.1 Å². The smallest absolute Gasteiger partial charge is 0.231 e. The van der Waals surface area contributed by atoms with Crippen molar-refractivity contribution in [3.05, 3.63) is 23.5 Å². The molecular formula is C11H11N7O2S. The molecule has 0 aliphatic rings. The average Bonchev–Trinajstić information content (AvgIpc) is 3.14. The number of anilines is 1. The number of aryl methyl sites for hydroxylation is 1. The average molecular weight is 305 g/mol. The highest BCUT2D eigenvalue weighted by Crippen LogP contribution is 2.11. The molecule has 3 aromatic heterocycles. The molecule has 0 fully saturated rings. The normalized spacial score (nSPS) is 10.7. The summed E-state index contributed by atoms with van der Waals surface area (Å²) in [4.78, 5) is 11.8. The Bertz CT molecular complexity index is 755. The van der Waals surface area contributed by atoms with Crippen molar-refractivity contribution in [2.24, 2.45) is 0 Å². The number of nitrogens with one attached hydrogen (secondary N) is 1. The van der Waals surface area contributed by atoms with E-state index >= 15 is 0 Å². The minimum absolute atomic E-state index is 0.161. The Morgan fingerprint density at radius 2 is 2.29 bits per heavy atom. The van der Waals surface area contributed by atoms with Gasteiger partial charge in [0, 0.05) is 18.9 Å². The van der Waals surface area contributed by atoms with Crippen LogP contribution in [0.15, 0.2) is 17.6 Å². The number of methoxy groups -OCH3 is 1. The maximum atomic E-state index is 11.8. The van der Waals surface area contributed by atoms with Crippen LogP contribution in [0, 0.1) is 0 Å². The summed E-state index contributed by atoms with van der Waals surface area (Å²) in [6.45, 7) is 0. The van der Waals surface area contributed by atoms with Gasteiger partial charge >= 0.3 is 0 Å². The third kappa shape index (κ3) is 2.94. The number of nitrogens with zero attached hydrogens (tertiary/aromatic N) is 6. The molecule has 0 saturated carbocycles. The monoisotopic (exact) mass is 305 g/mol. The summed E-state index contributed by atoms with van der Waals surface area (Å²) in [7, 11) is 1.54. The van der Waals surface area contributed by atoms with Crippen molar-refractivity contribution < 1.29 is 9.53 Å². The molecular weight excluding hydrogens is 294 g/mol. The zero-order chi connectivity index (χ0) is 14.7. The van der Waals surface area contributed by atoms with Gasteiger partial charge in [-0.25, -0.2) is 0 Å². The first-order chi connectivity index (χ1) is 10.3. The summed E-state index contributed by atoms with van der Waals surface area (Å²) in [5, 5.41) is 22.8. The minimum Gasteiger partial charge on any atom is -0.480 e. The molecule has 1 N–H and O–H groups in total. The number of hydrogen-bond donors (Lipinski definition) is 1. The summed E-state index contributed by atoms with van der Waals surface area (Å²) < 4.78 is 6.63. The predicted octanol–water partition coefficient (Wildman–Crippen LogP) is 0.556. The Hall–Kier alpha value is -2.62. The van der Waals surface area contributed by atoms with Gasteiger partial charge in [0.05, 0.1) is 7.11 Å². The van der Waals surface area contributed by atoms with E-state index in [2.05, 4.69) is 30.8 Å². The molecule has 9 nitrogen and oxygen atoms in total. The van der Waals surface area contributed by atoms with E-state index in [0.717, 1.165) is 0 Å². The molecule has 0 atom stereocenters. The van der Waals surface area contributed by atoms with Crippen LogP contribution in [0.5, 0.6) is 5.88 Å². The Kier molecular flexibility index (Phi) is 3.69. The zero-order valence-corrected chi connectivity index (χ0v) is 11.9. The van der Waals surface area contributed by atoms with Crippen molar-refractivity contribution in [2.45, 2.75) is 12.8 Å². The topological polar surface area (TPSA) is 107 Å². The third-order valence-electron chi connectivity index (χ3n) is 2.69. The first-order valence-corrected chi connectivity index (χ1v) is 6.95. The molecule has 10 heteroatoms. The molecule has 0 unspecified atom stereocenters. The molecule has 0 bridgehead atoms. The van der Waals surface area contributed by atoms with Gasteiger partial charge in [-0.2, -0.15) is 4.52 Å². The summed E-state index contributed by atoms with van der Waals surface area (Å²) >= 11 is 1.27. The number of carbonyl (C=O) groups is 1. The van der Waals surface area contributed by atoms with E-state index in [0.29, 0.717) is 28.9 Å². The Balaban J connectivity index is 1.68. The second-order valence-electron chi connectivity index (χ2n) is 4.05. The molecule has 0 saturated heterocycles. The highest BCUT2D eigenvalue weighted by Gasteiger charge is 2.11. The third-order valence-corrected chi connectivity index (χ3v) is 3.30. The number of amides is 1. The van der Waals surface area contributed by atoms with Crippen LogP contribution in [-0.4, -0.2) is 43.0 Å². The first-order valence-electron chi connectivity index (χ1n) is 6.07. The zero-order valence-electron chi connectivity index (χ0n) is 11.1.